The summed E-state index contributed by atoms with van der Waals surface area (Å²) in [5, 5.41) is 19.4. The molecule has 0 radical (unpaired) electrons. The third kappa shape index (κ3) is 5.38. The zero-order valence-electron chi connectivity index (χ0n) is 18.2. The molecular weight excluding hydrogens is 384 g/mol. The number of hydrogen-bond donors (Lipinski definition) is 2. The van der Waals surface area contributed by atoms with Crippen LogP contribution in [-0.2, 0) is 14.3 Å². The first-order valence-electron chi connectivity index (χ1n) is 10.1. The molecule has 2 rings (SSSR count). The van der Waals surface area contributed by atoms with Crippen LogP contribution in [0.25, 0.3) is 0 Å². The Bertz CT molecular complexity index is 906. The number of benzene rings is 1. The summed E-state index contributed by atoms with van der Waals surface area (Å²) < 4.78 is 5.61. The number of allylic oxidation sites excluding steroid dienone is 4. The van der Waals surface area contributed by atoms with Crippen LogP contribution in [0, 0.1) is 11.8 Å². The van der Waals surface area contributed by atoms with E-state index in [9.17, 15) is 24.6 Å². The van der Waals surface area contributed by atoms with Crippen LogP contribution in [0.4, 0.5) is 0 Å². The van der Waals surface area contributed by atoms with Crippen LogP contribution in [0.3, 0.4) is 0 Å². The van der Waals surface area contributed by atoms with Gasteiger partial charge in [0.2, 0.25) is 0 Å². The van der Waals surface area contributed by atoms with Crippen LogP contribution in [0.1, 0.15) is 64.2 Å². The lowest BCUT2D eigenvalue weighted by atomic mass is 9.77. The Morgan fingerprint density at radius 3 is 2.43 bits per heavy atom. The molecule has 0 amide bonds. The predicted octanol–water partition coefficient (Wildman–Crippen LogP) is 4.50. The van der Waals surface area contributed by atoms with Crippen LogP contribution in [0.5, 0.6) is 11.5 Å². The van der Waals surface area contributed by atoms with E-state index < -0.39 is 23.3 Å². The molecule has 3 atom stereocenters. The summed E-state index contributed by atoms with van der Waals surface area (Å²) in [6.07, 6.45) is 5.12. The second kappa shape index (κ2) is 9.28. The van der Waals surface area contributed by atoms with Crippen molar-refractivity contribution < 1.29 is 29.3 Å². The average molecular weight is 414 g/mol. The minimum Gasteiger partial charge on any atom is -0.508 e. The first kappa shape index (κ1) is 23.4. The number of phenols is 2. The highest BCUT2D eigenvalue weighted by Crippen LogP contribution is 2.43. The summed E-state index contributed by atoms with van der Waals surface area (Å²) >= 11 is 0. The number of carbonyl (C=O) groups is 3. The standard InChI is InChI=1S/C24H30O6/c1-14(2)11-18(26)12-15(3)7-6-10-24(5)16(4)21(23(29)30-24)22(28)19-9-8-17(25)13-20(19)27/h8-9,11-13,16,21,25,27H,6-7,10H2,1-5H3/t16-,21+,24-/m1/s1. The molecule has 1 aromatic rings. The molecule has 0 aromatic heterocycles. The molecule has 1 aliphatic heterocycles. The van der Waals surface area contributed by atoms with E-state index in [4.69, 9.17) is 4.74 Å². The van der Waals surface area contributed by atoms with Crippen molar-refractivity contribution in [2.75, 3.05) is 0 Å². The van der Waals surface area contributed by atoms with Crippen molar-refractivity contribution in [2.45, 2.75) is 59.5 Å². The van der Waals surface area contributed by atoms with Crippen LogP contribution >= 0.6 is 0 Å². The summed E-state index contributed by atoms with van der Waals surface area (Å²) in [6, 6.07) is 3.67. The van der Waals surface area contributed by atoms with Gasteiger partial charge in [0.05, 0.1) is 5.56 Å². The second-order valence-electron chi connectivity index (χ2n) is 8.53. The smallest absolute Gasteiger partial charge is 0.317 e. The van der Waals surface area contributed by atoms with Gasteiger partial charge >= 0.3 is 5.97 Å². The van der Waals surface area contributed by atoms with Crippen LogP contribution in [-0.4, -0.2) is 33.3 Å². The molecule has 0 spiro atoms. The maximum absolute atomic E-state index is 12.9. The van der Waals surface area contributed by atoms with Crippen molar-refractivity contribution in [2.24, 2.45) is 11.8 Å². The second-order valence-corrected chi connectivity index (χ2v) is 8.53. The average Bonchev–Trinajstić information content (AvgIpc) is 2.82. The van der Waals surface area contributed by atoms with Gasteiger partial charge in [0.25, 0.3) is 0 Å². The number of cyclic esters (lactones) is 1. The number of esters is 1. The van der Waals surface area contributed by atoms with Gasteiger partial charge in [-0.2, -0.15) is 0 Å². The predicted molar refractivity (Wildman–Crippen MR) is 113 cm³/mol. The molecule has 0 aliphatic carbocycles. The van der Waals surface area contributed by atoms with E-state index in [1.165, 1.54) is 12.1 Å². The third-order valence-electron chi connectivity index (χ3n) is 5.64. The number of phenolic OH excluding ortho intramolecular Hbond substituents is 2. The van der Waals surface area contributed by atoms with Gasteiger partial charge in [-0.25, -0.2) is 0 Å². The molecule has 162 valence electrons. The Kier molecular flexibility index (Phi) is 7.24. The summed E-state index contributed by atoms with van der Waals surface area (Å²) in [6.45, 7) is 9.24. The first-order chi connectivity index (χ1) is 13.9. The maximum Gasteiger partial charge on any atom is 0.317 e. The fourth-order valence-electron chi connectivity index (χ4n) is 3.81. The van der Waals surface area contributed by atoms with E-state index in [0.717, 1.165) is 17.2 Å². The molecular formula is C24H30O6. The van der Waals surface area contributed by atoms with E-state index in [2.05, 4.69) is 0 Å². The van der Waals surface area contributed by atoms with Crippen molar-refractivity contribution in [3.8, 4) is 11.5 Å². The zero-order valence-corrected chi connectivity index (χ0v) is 18.2. The molecule has 2 N–H and O–H groups in total. The van der Waals surface area contributed by atoms with Crippen LogP contribution in [0.15, 0.2) is 41.5 Å². The lowest BCUT2D eigenvalue weighted by Gasteiger charge is -2.28. The number of carbonyl (C=O) groups excluding carboxylic acids is 3. The Hall–Kier alpha value is -2.89. The zero-order chi connectivity index (χ0) is 22.6. The van der Waals surface area contributed by atoms with Gasteiger partial charge in [0.15, 0.2) is 11.6 Å². The number of aromatic hydroxyl groups is 2. The van der Waals surface area contributed by atoms with Gasteiger partial charge in [-0.15, -0.1) is 0 Å². The quantitative estimate of drug-likeness (QED) is 0.281. The monoisotopic (exact) mass is 414 g/mol. The molecule has 1 aromatic carbocycles. The molecule has 1 fully saturated rings. The van der Waals surface area contributed by atoms with Gasteiger partial charge in [-0.3, -0.25) is 14.4 Å². The Morgan fingerprint density at radius 2 is 1.83 bits per heavy atom. The maximum atomic E-state index is 12.9. The van der Waals surface area contributed by atoms with Gasteiger partial charge in [-0.05, 0) is 71.2 Å². The molecule has 1 heterocycles. The molecule has 0 saturated carbocycles. The molecule has 6 nitrogen and oxygen atoms in total. The van der Waals surface area contributed by atoms with Crippen molar-refractivity contribution in [3.63, 3.8) is 0 Å². The molecule has 0 unspecified atom stereocenters. The van der Waals surface area contributed by atoms with Gasteiger partial charge < -0.3 is 14.9 Å². The van der Waals surface area contributed by atoms with E-state index in [1.807, 2.05) is 27.7 Å². The van der Waals surface area contributed by atoms with Crippen molar-refractivity contribution >= 4 is 17.5 Å². The van der Waals surface area contributed by atoms with Gasteiger partial charge in [0.1, 0.15) is 23.0 Å². The van der Waals surface area contributed by atoms with Crippen LogP contribution < -0.4 is 0 Å². The number of Topliss-reactive ketones (excluding diaryl/α,β-unsaturated/α-hetero) is 1. The van der Waals surface area contributed by atoms with E-state index in [-0.39, 0.29) is 28.8 Å². The molecule has 30 heavy (non-hydrogen) atoms. The number of hydrogen-bond acceptors (Lipinski definition) is 6. The van der Waals surface area contributed by atoms with E-state index >= 15 is 0 Å². The van der Waals surface area contributed by atoms with Crippen LogP contribution in [0.2, 0.25) is 0 Å². The number of rotatable bonds is 8. The topological polar surface area (TPSA) is 101 Å². The first-order valence-corrected chi connectivity index (χ1v) is 10.1. The lowest BCUT2D eigenvalue weighted by Crippen LogP contribution is -2.33. The molecule has 0 bridgehead atoms. The third-order valence-corrected chi connectivity index (χ3v) is 5.64. The Labute approximate surface area is 177 Å². The molecule has 6 heteroatoms. The van der Waals surface area contributed by atoms with Gasteiger partial charge in [-0.1, -0.05) is 18.1 Å². The highest BCUT2D eigenvalue weighted by Gasteiger charge is 2.53. The van der Waals surface area contributed by atoms with Crippen molar-refractivity contribution in [1.29, 1.82) is 0 Å². The summed E-state index contributed by atoms with van der Waals surface area (Å²) in [7, 11) is 0. The molecule has 1 saturated heterocycles. The normalized spacial score (nSPS) is 23.8. The SMILES string of the molecule is CC(C)=CC(=O)C=C(C)CCC[C@@]1(C)OC(=O)[C@H](C(=O)c2ccc(O)cc2O)[C@H]1C. The Morgan fingerprint density at radius 1 is 1.17 bits per heavy atom. The highest BCUT2D eigenvalue weighted by molar-refractivity contribution is 6.11. The summed E-state index contributed by atoms with van der Waals surface area (Å²) in [4.78, 5) is 37.2. The number of ketones is 2. The molecule has 1 aliphatic rings. The largest absolute Gasteiger partial charge is 0.508 e. The highest BCUT2D eigenvalue weighted by atomic mass is 16.6. The van der Waals surface area contributed by atoms with Crippen molar-refractivity contribution in [3.05, 3.63) is 47.1 Å². The fraction of sp³-hybridized carbons (Fsp3) is 0.458. The minimum absolute atomic E-state index is 0.0117. The van der Waals surface area contributed by atoms with Gasteiger partial charge in [0, 0.05) is 12.0 Å². The lowest BCUT2D eigenvalue weighted by molar-refractivity contribution is -0.149. The van der Waals surface area contributed by atoms with E-state index in [1.54, 1.807) is 19.1 Å². The summed E-state index contributed by atoms with van der Waals surface area (Å²) in [5.74, 6) is -3.09. The fourth-order valence-corrected chi connectivity index (χ4v) is 3.81. The van der Waals surface area contributed by atoms with E-state index in [0.29, 0.717) is 19.3 Å². The summed E-state index contributed by atoms with van der Waals surface area (Å²) in [5.41, 5.74) is 1.06. The number of ether oxygens (including phenoxy) is 1. The van der Waals surface area contributed by atoms with Crippen molar-refractivity contribution in [1.82, 2.24) is 0 Å². The minimum atomic E-state index is -1.01. The Balaban J connectivity index is 2.06.